The standard InChI is InChI=1S/C23H24F2N2O4/c1-4-30-17-8-5-15(6-9-17)20-21(26-16-7-10-18(24)19(25)13-16)23(29)27(22(20)28)11-12-31-14(2)3/h5-10,13-14,26H,4,11-12H2,1-3H3. The van der Waals surface area contributed by atoms with E-state index in [9.17, 15) is 18.4 Å². The van der Waals surface area contributed by atoms with Crippen molar-refractivity contribution >= 4 is 23.1 Å². The fourth-order valence-electron chi connectivity index (χ4n) is 3.15. The van der Waals surface area contributed by atoms with Crippen LogP contribution in [0, 0.1) is 11.6 Å². The van der Waals surface area contributed by atoms with Crippen molar-refractivity contribution in [2.24, 2.45) is 0 Å². The molecule has 2 aromatic carbocycles. The highest BCUT2D eigenvalue weighted by Gasteiger charge is 2.39. The molecule has 6 nitrogen and oxygen atoms in total. The predicted octanol–water partition coefficient (Wildman–Crippen LogP) is 3.98. The minimum absolute atomic E-state index is 0.00952. The molecule has 0 radical (unpaired) electrons. The molecule has 2 aromatic rings. The number of carbonyl (C=O) groups is 2. The van der Waals surface area contributed by atoms with Crippen LogP contribution >= 0.6 is 0 Å². The zero-order valence-corrected chi connectivity index (χ0v) is 17.6. The Morgan fingerprint density at radius 2 is 1.71 bits per heavy atom. The Morgan fingerprint density at radius 3 is 2.32 bits per heavy atom. The molecular weight excluding hydrogens is 406 g/mol. The Kier molecular flexibility index (Phi) is 7.02. The number of halogens is 2. The Labute approximate surface area is 179 Å². The lowest BCUT2D eigenvalue weighted by molar-refractivity contribution is -0.137. The van der Waals surface area contributed by atoms with E-state index in [4.69, 9.17) is 9.47 Å². The third-order valence-corrected chi connectivity index (χ3v) is 4.58. The van der Waals surface area contributed by atoms with Gasteiger partial charge in [-0.1, -0.05) is 12.1 Å². The minimum Gasteiger partial charge on any atom is -0.494 e. The molecule has 0 aliphatic carbocycles. The Hall–Kier alpha value is -3.26. The van der Waals surface area contributed by atoms with E-state index >= 15 is 0 Å². The van der Waals surface area contributed by atoms with Crippen LogP contribution in [-0.2, 0) is 14.3 Å². The van der Waals surface area contributed by atoms with Crippen LogP contribution in [0.2, 0.25) is 0 Å². The molecule has 2 amide bonds. The zero-order valence-electron chi connectivity index (χ0n) is 17.6. The highest BCUT2D eigenvalue weighted by Crippen LogP contribution is 2.31. The normalized spacial score (nSPS) is 14.1. The Morgan fingerprint density at radius 1 is 1.00 bits per heavy atom. The number of anilines is 1. The van der Waals surface area contributed by atoms with Crippen molar-refractivity contribution in [2.45, 2.75) is 26.9 Å². The zero-order chi connectivity index (χ0) is 22.5. The highest BCUT2D eigenvalue weighted by atomic mass is 19.2. The van der Waals surface area contributed by atoms with E-state index in [0.717, 1.165) is 17.0 Å². The maximum absolute atomic E-state index is 13.7. The molecule has 1 N–H and O–H groups in total. The molecular formula is C23H24F2N2O4. The Balaban J connectivity index is 1.96. The van der Waals surface area contributed by atoms with Crippen LogP contribution in [0.1, 0.15) is 26.3 Å². The molecule has 164 valence electrons. The summed E-state index contributed by atoms with van der Waals surface area (Å²) in [5.74, 6) is -2.50. The molecule has 8 heteroatoms. The van der Waals surface area contributed by atoms with Gasteiger partial charge in [0.05, 0.1) is 31.4 Å². The van der Waals surface area contributed by atoms with Gasteiger partial charge < -0.3 is 14.8 Å². The molecule has 3 rings (SSSR count). The van der Waals surface area contributed by atoms with E-state index < -0.39 is 23.4 Å². The number of hydrogen-bond acceptors (Lipinski definition) is 5. The lowest BCUT2D eigenvalue weighted by atomic mass is 10.0. The molecule has 0 saturated carbocycles. The molecule has 0 saturated heterocycles. The first-order chi connectivity index (χ1) is 14.8. The molecule has 0 unspecified atom stereocenters. The van der Waals surface area contributed by atoms with Gasteiger partial charge in [0.2, 0.25) is 0 Å². The van der Waals surface area contributed by atoms with Crippen LogP contribution < -0.4 is 10.1 Å². The summed E-state index contributed by atoms with van der Waals surface area (Å²) in [6.45, 7) is 6.31. The molecule has 1 aliphatic rings. The number of rotatable bonds is 9. The van der Waals surface area contributed by atoms with E-state index in [0.29, 0.717) is 17.9 Å². The monoisotopic (exact) mass is 430 g/mol. The molecule has 31 heavy (non-hydrogen) atoms. The summed E-state index contributed by atoms with van der Waals surface area (Å²) in [6, 6.07) is 9.92. The second kappa shape index (κ2) is 9.70. The van der Waals surface area contributed by atoms with Crippen LogP contribution in [-0.4, -0.2) is 42.6 Å². The van der Waals surface area contributed by atoms with Crippen molar-refractivity contribution in [3.63, 3.8) is 0 Å². The van der Waals surface area contributed by atoms with Crippen LogP contribution in [0.25, 0.3) is 5.57 Å². The fourth-order valence-corrected chi connectivity index (χ4v) is 3.15. The first-order valence-electron chi connectivity index (χ1n) is 9.99. The van der Waals surface area contributed by atoms with Gasteiger partial charge in [0, 0.05) is 11.8 Å². The lowest BCUT2D eigenvalue weighted by Crippen LogP contribution is -2.35. The number of ether oxygens (including phenoxy) is 2. The molecule has 1 heterocycles. The van der Waals surface area contributed by atoms with Crippen molar-refractivity contribution in [3.05, 3.63) is 65.4 Å². The molecule has 0 atom stereocenters. The van der Waals surface area contributed by atoms with Crippen LogP contribution in [0.4, 0.5) is 14.5 Å². The largest absolute Gasteiger partial charge is 0.494 e. The first-order valence-corrected chi connectivity index (χ1v) is 9.99. The summed E-state index contributed by atoms with van der Waals surface area (Å²) in [6.07, 6.45) is -0.0499. The second-order valence-electron chi connectivity index (χ2n) is 7.14. The summed E-state index contributed by atoms with van der Waals surface area (Å²) in [5, 5.41) is 2.80. The molecule has 0 bridgehead atoms. The topological polar surface area (TPSA) is 67.9 Å². The summed E-state index contributed by atoms with van der Waals surface area (Å²) < 4.78 is 37.9. The van der Waals surface area contributed by atoms with E-state index in [1.54, 1.807) is 24.3 Å². The van der Waals surface area contributed by atoms with Crippen molar-refractivity contribution in [1.29, 1.82) is 0 Å². The van der Waals surface area contributed by atoms with Gasteiger partial charge in [-0.05, 0) is 50.6 Å². The summed E-state index contributed by atoms with van der Waals surface area (Å²) in [5.41, 5.74) is 0.782. The Bertz CT molecular complexity index is 1000. The van der Waals surface area contributed by atoms with Gasteiger partial charge in [0.25, 0.3) is 11.8 Å². The smallest absolute Gasteiger partial charge is 0.278 e. The minimum atomic E-state index is -1.06. The molecule has 0 fully saturated rings. The number of hydrogen-bond donors (Lipinski definition) is 1. The fraction of sp³-hybridized carbons (Fsp3) is 0.304. The predicted molar refractivity (Wildman–Crippen MR) is 112 cm³/mol. The number of amides is 2. The van der Waals surface area contributed by atoms with Crippen molar-refractivity contribution in [3.8, 4) is 5.75 Å². The average molecular weight is 430 g/mol. The molecule has 0 spiro atoms. The number of nitrogens with zero attached hydrogens (tertiary/aromatic N) is 1. The average Bonchev–Trinajstić information content (AvgIpc) is 2.95. The van der Waals surface area contributed by atoms with E-state index in [2.05, 4.69) is 5.32 Å². The van der Waals surface area contributed by atoms with Gasteiger partial charge >= 0.3 is 0 Å². The maximum Gasteiger partial charge on any atom is 0.278 e. The van der Waals surface area contributed by atoms with Gasteiger partial charge in [-0.25, -0.2) is 8.78 Å². The van der Waals surface area contributed by atoms with Crippen molar-refractivity contribution < 1.29 is 27.8 Å². The number of benzene rings is 2. The van der Waals surface area contributed by atoms with Gasteiger partial charge in [0.1, 0.15) is 11.4 Å². The van der Waals surface area contributed by atoms with Gasteiger partial charge in [-0.3, -0.25) is 14.5 Å². The van der Waals surface area contributed by atoms with Gasteiger partial charge in [-0.2, -0.15) is 0 Å². The summed E-state index contributed by atoms with van der Waals surface area (Å²) in [4.78, 5) is 27.2. The third kappa shape index (κ3) is 5.08. The van der Waals surface area contributed by atoms with E-state index in [1.165, 1.54) is 6.07 Å². The number of imide groups is 1. The molecule has 1 aliphatic heterocycles. The van der Waals surface area contributed by atoms with Crippen molar-refractivity contribution in [1.82, 2.24) is 4.90 Å². The quantitative estimate of drug-likeness (QED) is 0.610. The maximum atomic E-state index is 13.7. The van der Waals surface area contributed by atoms with Crippen LogP contribution in [0.3, 0.4) is 0 Å². The van der Waals surface area contributed by atoms with Gasteiger partial charge in [-0.15, -0.1) is 0 Å². The van der Waals surface area contributed by atoms with Crippen LogP contribution in [0.5, 0.6) is 5.75 Å². The number of carbonyl (C=O) groups excluding carboxylic acids is 2. The third-order valence-electron chi connectivity index (χ3n) is 4.58. The van der Waals surface area contributed by atoms with E-state index in [-0.39, 0.29) is 36.2 Å². The second-order valence-corrected chi connectivity index (χ2v) is 7.14. The lowest BCUT2D eigenvalue weighted by Gasteiger charge is -2.16. The summed E-state index contributed by atoms with van der Waals surface area (Å²) in [7, 11) is 0. The first kappa shape index (κ1) is 22.4. The summed E-state index contributed by atoms with van der Waals surface area (Å²) >= 11 is 0. The van der Waals surface area contributed by atoms with Gasteiger partial charge in [0.15, 0.2) is 11.6 Å². The highest BCUT2D eigenvalue weighted by molar-refractivity contribution is 6.36. The SMILES string of the molecule is CCOc1ccc(C2=C(Nc3ccc(F)c(F)c3)C(=O)N(CCOC(C)C)C2=O)cc1. The van der Waals surface area contributed by atoms with Crippen LogP contribution in [0.15, 0.2) is 48.2 Å². The van der Waals surface area contributed by atoms with Crippen molar-refractivity contribution in [2.75, 3.05) is 25.1 Å². The van der Waals surface area contributed by atoms with E-state index in [1.807, 2.05) is 20.8 Å². The molecule has 0 aromatic heterocycles. The number of nitrogens with one attached hydrogen (secondary N) is 1.